The quantitative estimate of drug-likeness (QED) is 0.900. The summed E-state index contributed by atoms with van der Waals surface area (Å²) in [6.07, 6.45) is 0.692. The molecule has 0 spiro atoms. The summed E-state index contributed by atoms with van der Waals surface area (Å²) in [6.45, 7) is 8.35. The average Bonchev–Trinajstić information content (AvgIpc) is 2.81. The molecule has 1 atom stereocenters. The predicted molar refractivity (Wildman–Crippen MR) is 80.9 cm³/mol. The molecule has 0 aliphatic carbocycles. The third-order valence-corrected chi connectivity index (χ3v) is 4.28. The molecule has 0 bridgehead atoms. The fraction of sp³-hybridized carbons (Fsp3) is 0.562. The highest BCUT2D eigenvalue weighted by atomic mass is 16.2. The molecule has 3 rings (SSSR count). The summed E-state index contributed by atoms with van der Waals surface area (Å²) in [4.78, 5) is 16.6. The molecule has 0 saturated carbocycles. The lowest BCUT2D eigenvalue weighted by Crippen LogP contribution is -2.45. The molecule has 4 heteroatoms. The Hall–Kier alpha value is -1.39. The highest BCUT2D eigenvalue weighted by molar-refractivity contribution is 5.95. The molecule has 2 aliphatic heterocycles. The molecule has 108 valence electrons. The van der Waals surface area contributed by atoms with Gasteiger partial charge in [0.05, 0.1) is 0 Å². The zero-order valence-corrected chi connectivity index (χ0v) is 12.1. The van der Waals surface area contributed by atoms with E-state index in [1.165, 1.54) is 5.56 Å². The van der Waals surface area contributed by atoms with Gasteiger partial charge in [-0.1, -0.05) is 17.7 Å². The van der Waals surface area contributed by atoms with E-state index in [2.05, 4.69) is 41.4 Å². The molecule has 2 saturated heterocycles. The van der Waals surface area contributed by atoms with Crippen molar-refractivity contribution in [2.24, 2.45) is 5.92 Å². The molecule has 1 aromatic carbocycles. The van der Waals surface area contributed by atoms with Crippen LogP contribution in [-0.2, 0) is 4.79 Å². The smallest absolute Gasteiger partial charge is 0.227 e. The largest absolute Gasteiger partial charge is 0.314 e. The van der Waals surface area contributed by atoms with Crippen LogP contribution < -0.4 is 10.2 Å². The molecular formula is C16H23N3O. The molecule has 1 aromatic rings. The van der Waals surface area contributed by atoms with Crippen molar-refractivity contribution in [1.29, 1.82) is 0 Å². The third kappa shape index (κ3) is 3.02. The second kappa shape index (κ2) is 5.94. The van der Waals surface area contributed by atoms with Crippen LogP contribution in [0.4, 0.5) is 5.69 Å². The van der Waals surface area contributed by atoms with Gasteiger partial charge in [-0.3, -0.25) is 4.79 Å². The first-order valence-electron chi connectivity index (χ1n) is 7.52. The van der Waals surface area contributed by atoms with Crippen molar-refractivity contribution in [3.63, 3.8) is 0 Å². The molecule has 0 aromatic heterocycles. The Bertz CT molecular complexity index is 465. The van der Waals surface area contributed by atoms with Gasteiger partial charge in [0.25, 0.3) is 0 Å². The van der Waals surface area contributed by atoms with Crippen molar-refractivity contribution in [2.75, 3.05) is 44.2 Å². The number of aryl methyl sites for hydroxylation is 1. The van der Waals surface area contributed by atoms with Crippen molar-refractivity contribution in [3.05, 3.63) is 29.8 Å². The molecule has 20 heavy (non-hydrogen) atoms. The molecular weight excluding hydrogens is 250 g/mol. The summed E-state index contributed by atoms with van der Waals surface area (Å²) in [5.41, 5.74) is 2.28. The number of benzene rings is 1. The van der Waals surface area contributed by atoms with Gasteiger partial charge in [0.1, 0.15) is 0 Å². The Morgan fingerprint density at radius 3 is 2.60 bits per heavy atom. The lowest BCUT2D eigenvalue weighted by molar-refractivity contribution is -0.117. The van der Waals surface area contributed by atoms with Crippen molar-refractivity contribution >= 4 is 11.6 Å². The van der Waals surface area contributed by atoms with Crippen molar-refractivity contribution in [2.45, 2.75) is 13.3 Å². The number of anilines is 1. The first kappa shape index (κ1) is 13.6. The highest BCUT2D eigenvalue weighted by Crippen LogP contribution is 2.25. The Labute approximate surface area is 120 Å². The minimum absolute atomic E-state index is 0.272. The van der Waals surface area contributed by atoms with Crippen molar-refractivity contribution in [3.8, 4) is 0 Å². The number of rotatable bonds is 3. The highest BCUT2D eigenvalue weighted by Gasteiger charge is 2.31. The van der Waals surface area contributed by atoms with E-state index in [4.69, 9.17) is 0 Å². The van der Waals surface area contributed by atoms with Crippen LogP contribution in [0.2, 0.25) is 0 Å². The average molecular weight is 273 g/mol. The minimum atomic E-state index is 0.272. The van der Waals surface area contributed by atoms with Crippen LogP contribution in [0.3, 0.4) is 0 Å². The summed E-state index contributed by atoms with van der Waals surface area (Å²) in [7, 11) is 0. The Kier molecular flexibility index (Phi) is 4.03. The summed E-state index contributed by atoms with van der Waals surface area (Å²) < 4.78 is 0. The van der Waals surface area contributed by atoms with E-state index < -0.39 is 0 Å². The lowest BCUT2D eigenvalue weighted by Gasteiger charge is -2.29. The van der Waals surface area contributed by atoms with Crippen molar-refractivity contribution < 1.29 is 4.79 Å². The Morgan fingerprint density at radius 1 is 1.20 bits per heavy atom. The second-order valence-corrected chi connectivity index (χ2v) is 5.96. The zero-order valence-electron chi connectivity index (χ0n) is 12.1. The summed E-state index contributed by atoms with van der Waals surface area (Å²) in [5.74, 6) is 0.746. The normalized spacial score (nSPS) is 24.4. The first-order chi connectivity index (χ1) is 9.72. The number of hydrogen-bond donors (Lipinski definition) is 1. The molecule has 0 radical (unpaired) electrons. The number of carbonyl (C=O) groups is 1. The van der Waals surface area contributed by atoms with Crippen LogP contribution >= 0.6 is 0 Å². The van der Waals surface area contributed by atoms with Crippen molar-refractivity contribution in [1.82, 2.24) is 10.2 Å². The van der Waals surface area contributed by atoms with Gasteiger partial charge in [0.2, 0.25) is 5.91 Å². The SMILES string of the molecule is Cc1ccc(N2CC(CN3CCNCC3)CC2=O)cc1. The Morgan fingerprint density at radius 2 is 1.90 bits per heavy atom. The molecule has 1 amide bonds. The van der Waals surface area contributed by atoms with E-state index >= 15 is 0 Å². The standard InChI is InChI=1S/C16H23N3O/c1-13-2-4-15(5-3-13)19-12-14(10-16(19)20)11-18-8-6-17-7-9-18/h2-5,14,17H,6-12H2,1H3. The lowest BCUT2D eigenvalue weighted by atomic mass is 10.1. The fourth-order valence-electron chi connectivity index (χ4n) is 3.14. The van der Waals surface area contributed by atoms with Gasteiger partial charge in [0.15, 0.2) is 0 Å². The molecule has 1 unspecified atom stereocenters. The number of hydrogen-bond acceptors (Lipinski definition) is 3. The van der Waals surface area contributed by atoms with E-state index in [0.717, 1.165) is 45.0 Å². The van der Waals surface area contributed by atoms with Crippen LogP contribution in [0.5, 0.6) is 0 Å². The van der Waals surface area contributed by atoms with Gasteiger partial charge in [-0.25, -0.2) is 0 Å². The molecule has 2 aliphatic rings. The monoisotopic (exact) mass is 273 g/mol. The van der Waals surface area contributed by atoms with Gasteiger partial charge in [-0.05, 0) is 25.0 Å². The van der Waals surface area contributed by atoms with E-state index in [1.54, 1.807) is 0 Å². The van der Waals surface area contributed by atoms with E-state index in [-0.39, 0.29) is 5.91 Å². The van der Waals surface area contributed by atoms with Gasteiger partial charge in [-0.15, -0.1) is 0 Å². The molecule has 2 fully saturated rings. The maximum atomic E-state index is 12.2. The number of piperazine rings is 1. The van der Waals surface area contributed by atoms with E-state index in [1.807, 2.05) is 4.90 Å². The van der Waals surface area contributed by atoms with Gasteiger partial charge >= 0.3 is 0 Å². The fourth-order valence-corrected chi connectivity index (χ4v) is 3.14. The molecule has 2 heterocycles. The van der Waals surface area contributed by atoms with Crippen LogP contribution in [0.15, 0.2) is 24.3 Å². The zero-order chi connectivity index (χ0) is 13.9. The number of amides is 1. The van der Waals surface area contributed by atoms with Crippen LogP contribution in [-0.4, -0.2) is 50.1 Å². The molecule has 4 nitrogen and oxygen atoms in total. The minimum Gasteiger partial charge on any atom is -0.314 e. The van der Waals surface area contributed by atoms with E-state index in [0.29, 0.717) is 12.3 Å². The molecule has 1 N–H and O–H groups in total. The Balaban J connectivity index is 1.61. The van der Waals surface area contributed by atoms with Crippen LogP contribution in [0.1, 0.15) is 12.0 Å². The van der Waals surface area contributed by atoms with Crippen LogP contribution in [0.25, 0.3) is 0 Å². The van der Waals surface area contributed by atoms with E-state index in [9.17, 15) is 4.79 Å². The topological polar surface area (TPSA) is 35.6 Å². The second-order valence-electron chi connectivity index (χ2n) is 5.96. The summed E-state index contributed by atoms with van der Waals surface area (Å²) in [6, 6.07) is 8.26. The van der Waals surface area contributed by atoms with Gasteiger partial charge < -0.3 is 15.1 Å². The van der Waals surface area contributed by atoms with Crippen LogP contribution in [0, 0.1) is 12.8 Å². The number of nitrogens with one attached hydrogen (secondary N) is 1. The van der Waals surface area contributed by atoms with Gasteiger partial charge in [0, 0.05) is 51.4 Å². The predicted octanol–water partition coefficient (Wildman–Crippen LogP) is 1.25. The van der Waals surface area contributed by atoms with Gasteiger partial charge in [-0.2, -0.15) is 0 Å². The maximum absolute atomic E-state index is 12.2. The number of carbonyl (C=O) groups excluding carboxylic acids is 1. The maximum Gasteiger partial charge on any atom is 0.227 e. The number of nitrogens with zero attached hydrogens (tertiary/aromatic N) is 2. The first-order valence-corrected chi connectivity index (χ1v) is 7.52. The third-order valence-electron chi connectivity index (χ3n) is 4.28. The summed E-state index contributed by atoms with van der Waals surface area (Å²) in [5, 5.41) is 3.37. The summed E-state index contributed by atoms with van der Waals surface area (Å²) >= 11 is 0.